The second-order valence-corrected chi connectivity index (χ2v) is 7.73. The molecule has 30 heavy (non-hydrogen) atoms. The van der Waals surface area contributed by atoms with Crippen LogP contribution >= 0.6 is 0 Å². The number of ether oxygens (including phenoxy) is 3. The van der Waals surface area contributed by atoms with Crippen molar-refractivity contribution in [3.8, 4) is 5.75 Å². The number of hydrogen-bond donors (Lipinski definition) is 1. The monoisotopic (exact) mass is 409 g/mol. The second kappa shape index (κ2) is 10.5. The minimum Gasteiger partial charge on any atom is -0.489 e. The van der Waals surface area contributed by atoms with Crippen LogP contribution in [0.4, 0.5) is 0 Å². The lowest BCUT2D eigenvalue weighted by Gasteiger charge is -2.37. The van der Waals surface area contributed by atoms with Gasteiger partial charge in [-0.15, -0.1) is 0 Å². The fourth-order valence-corrected chi connectivity index (χ4v) is 3.95. The van der Waals surface area contributed by atoms with Gasteiger partial charge in [-0.1, -0.05) is 42.5 Å². The third-order valence-corrected chi connectivity index (χ3v) is 5.61. The third kappa shape index (κ3) is 5.52. The van der Waals surface area contributed by atoms with E-state index in [0.29, 0.717) is 19.8 Å². The molecule has 2 aromatic rings. The summed E-state index contributed by atoms with van der Waals surface area (Å²) in [4.78, 5) is 6.75. The standard InChI is InChI=1S/C24H31N3O3/c1-25-24(27-13-15-29-23(17-27)22-8-5-14-28-22)26-16-19-9-11-21(12-10-19)30-18-20-6-3-2-4-7-20/h2-4,6-7,9-12,22-23H,5,8,13-18H2,1H3,(H,25,26). The number of guanidine groups is 1. The lowest BCUT2D eigenvalue weighted by Crippen LogP contribution is -2.53. The van der Waals surface area contributed by atoms with Crippen LogP contribution in [0.3, 0.4) is 0 Å². The number of nitrogens with one attached hydrogen (secondary N) is 1. The van der Waals surface area contributed by atoms with Crippen molar-refractivity contribution in [2.75, 3.05) is 33.4 Å². The highest BCUT2D eigenvalue weighted by molar-refractivity contribution is 5.80. The van der Waals surface area contributed by atoms with Crippen molar-refractivity contribution in [2.45, 2.75) is 38.2 Å². The quantitative estimate of drug-likeness (QED) is 0.587. The maximum Gasteiger partial charge on any atom is 0.194 e. The van der Waals surface area contributed by atoms with Gasteiger partial charge >= 0.3 is 0 Å². The van der Waals surface area contributed by atoms with Crippen LogP contribution in [0.15, 0.2) is 59.6 Å². The molecule has 2 aliphatic rings. The van der Waals surface area contributed by atoms with E-state index >= 15 is 0 Å². The van der Waals surface area contributed by atoms with E-state index in [1.165, 1.54) is 11.1 Å². The Hall–Kier alpha value is -2.57. The fraction of sp³-hybridized carbons (Fsp3) is 0.458. The van der Waals surface area contributed by atoms with Crippen molar-refractivity contribution in [2.24, 2.45) is 4.99 Å². The summed E-state index contributed by atoms with van der Waals surface area (Å²) in [5.41, 5.74) is 2.35. The van der Waals surface area contributed by atoms with Gasteiger partial charge in [0.2, 0.25) is 0 Å². The van der Waals surface area contributed by atoms with Gasteiger partial charge < -0.3 is 24.4 Å². The van der Waals surface area contributed by atoms with Crippen LogP contribution in [0.2, 0.25) is 0 Å². The highest BCUT2D eigenvalue weighted by Crippen LogP contribution is 2.21. The lowest BCUT2D eigenvalue weighted by atomic mass is 10.1. The van der Waals surface area contributed by atoms with E-state index in [4.69, 9.17) is 14.2 Å². The van der Waals surface area contributed by atoms with Crippen LogP contribution in [0.5, 0.6) is 5.75 Å². The Kier molecular flexibility index (Phi) is 7.21. The number of hydrogen-bond acceptors (Lipinski definition) is 4. The topological polar surface area (TPSA) is 55.3 Å². The molecule has 0 aliphatic carbocycles. The molecule has 0 spiro atoms. The van der Waals surface area contributed by atoms with Crippen LogP contribution < -0.4 is 10.1 Å². The number of rotatable bonds is 6. The van der Waals surface area contributed by atoms with Crippen LogP contribution in [-0.2, 0) is 22.6 Å². The first-order valence-electron chi connectivity index (χ1n) is 10.8. The first-order valence-corrected chi connectivity index (χ1v) is 10.8. The average Bonchev–Trinajstić information content (AvgIpc) is 3.35. The van der Waals surface area contributed by atoms with Crippen LogP contribution in [0, 0.1) is 0 Å². The molecule has 2 unspecified atom stereocenters. The van der Waals surface area contributed by atoms with Crippen molar-refractivity contribution in [3.63, 3.8) is 0 Å². The molecule has 2 aliphatic heterocycles. The van der Waals surface area contributed by atoms with Gasteiger partial charge in [0.05, 0.1) is 12.7 Å². The highest BCUT2D eigenvalue weighted by Gasteiger charge is 2.32. The molecule has 2 atom stereocenters. The zero-order valence-electron chi connectivity index (χ0n) is 17.6. The molecule has 6 nitrogen and oxygen atoms in total. The molecule has 4 rings (SSSR count). The SMILES string of the molecule is CN=C(NCc1ccc(OCc2ccccc2)cc1)N1CCOC(C2CCCO2)C1. The Labute approximate surface area is 178 Å². The summed E-state index contributed by atoms with van der Waals surface area (Å²) in [6.45, 7) is 4.51. The van der Waals surface area contributed by atoms with E-state index in [9.17, 15) is 0 Å². The molecule has 0 radical (unpaired) electrons. The molecule has 2 aromatic carbocycles. The van der Waals surface area contributed by atoms with Crippen LogP contribution in [0.25, 0.3) is 0 Å². The maximum absolute atomic E-state index is 5.95. The van der Waals surface area contributed by atoms with Crippen molar-refractivity contribution < 1.29 is 14.2 Å². The molecular formula is C24H31N3O3. The molecule has 0 aromatic heterocycles. The fourth-order valence-electron chi connectivity index (χ4n) is 3.95. The minimum atomic E-state index is 0.126. The van der Waals surface area contributed by atoms with Gasteiger partial charge in [-0.2, -0.15) is 0 Å². The molecule has 2 fully saturated rings. The molecule has 0 saturated carbocycles. The first-order chi connectivity index (χ1) is 14.8. The summed E-state index contributed by atoms with van der Waals surface area (Å²) >= 11 is 0. The van der Waals surface area contributed by atoms with E-state index in [1.54, 1.807) is 0 Å². The molecule has 160 valence electrons. The van der Waals surface area contributed by atoms with E-state index in [0.717, 1.165) is 44.2 Å². The first kappa shape index (κ1) is 20.7. The van der Waals surface area contributed by atoms with Crippen LogP contribution in [-0.4, -0.2) is 56.4 Å². The van der Waals surface area contributed by atoms with Gasteiger partial charge in [-0.05, 0) is 36.1 Å². The normalized spacial score (nSPS) is 22.2. The number of morpholine rings is 1. The van der Waals surface area contributed by atoms with Gasteiger partial charge in [0.25, 0.3) is 0 Å². The smallest absolute Gasteiger partial charge is 0.194 e. The predicted octanol–water partition coefficient (Wildman–Crippen LogP) is 3.22. The second-order valence-electron chi connectivity index (χ2n) is 7.73. The summed E-state index contributed by atoms with van der Waals surface area (Å²) in [5, 5.41) is 3.48. The van der Waals surface area contributed by atoms with E-state index in [2.05, 4.69) is 39.5 Å². The number of benzene rings is 2. The average molecular weight is 410 g/mol. The summed E-state index contributed by atoms with van der Waals surface area (Å²) in [6.07, 6.45) is 2.56. The van der Waals surface area contributed by atoms with Crippen molar-refractivity contribution in [3.05, 3.63) is 65.7 Å². The van der Waals surface area contributed by atoms with Crippen molar-refractivity contribution >= 4 is 5.96 Å². The zero-order valence-corrected chi connectivity index (χ0v) is 17.6. The summed E-state index contributed by atoms with van der Waals surface area (Å²) in [5.74, 6) is 1.78. The molecule has 1 N–H and O–H groups in total. The van der Waals surface area contributed by atoms with Gasteiger partial charge in [-0.25, -0.2) is 0 Å². The zero-order chi connectivity index (χ0) is 20.6. The maximum atomic E-state index is 5.95. The Morgan fingerprint density at radius 3 is 2.57 bits per heavy atom. The number of nitrogens with zero attached hydrogens (tertiary/aromatic N) is 2. The Bertz CT molecular complexity index is 804. The molecule has 0 amide bonds. The molecule has 6 heteroatoms. The summed E-state index contributed by atoms with van der Waals surface area (Å²) in [6, 6.07) is 18.4. The largest absolute Gasteiger partial charge is 0.489 e. The number of aliphatic imine (C=N–C) groups is 1. The predicted molar refractivity (Wildman–Crippen MR) is 118 cm³/mol. The van der Waals surface area contributed by atoms with Crippen molar-refractivity contribution in [1.82, 2.24) is 10.2 Å². The third-order valence-electron chi connectivity index (χ3n) is 5.61. The van der Waals surface area contributed by atoms with Gasteiger partial charge in [0.1, 0.15) is 18.5 Å². The van der Waals surface area contributed by atoms with E-state index < -0.39 is 0 Å². The Morgan fingerprint density at radius 2 is 1.83 bits per heavy atom. The van der Waals surface area contributed by atoms with Gasteiger partial charge in [-0.3, -0.25) is 4.99 Å². The highest BCUT2D eigenvalue weighted by atomic mass is 16.5. The van der Waals surface area contributed by atoms with E-state index in [1.807, 2.05) is 37.4 Å². The van der Waals surface area contributed by atoms with Gasteiger partial charge in [0, 0.05) is 33.3 Å². The summed E-state index contributed by atoms with van der Waals surface area (Å²) in [7, 11) is 1.83. The lowest BCUT2D eigenvalue weighted by molar-refractivity contribution is -0.0817. The molecule has 0 bridgehead atoms. The van der Waals surface area contributed by atoms with E-state index in [-0.39, 0.29) is 12.2 Å². The van der Waals surface area contributed by atoms with Crippen LogP contribution in [0.1, 0.15) is 24.0 Å². The molecule has 2 saturated heterocycles. The molecule has 2 heterocycles. The Morgan fingerprint density at radius 1 is 1.03 bits per heavy atom. The Balaban J connectivity index is 1.26. The van der Waals surface area contributed by atoms with Gasteiger partial charge in [0.15, 0.2) is 5.96 Å². The molecular weight excluding hydrogens is 378 g/mol. The minimum absolute atomic E-state index is 0.126. The van der Waals surface area contributed by atoms with Crippen molar-refractivity contribution in [1.29, 1.82) is 0 Å². The summed E-state index contributed by atoms with van der Waals surface area (Å²) < 4.78 is 17.6.